The van der Waals surface area contributed by atoms with E-state index in [0.29, 0.717) is 0 Å². The molecule has 0 amide bonds. The van der Waals surface area contributed by atoms with Crippen molar-refractivity contribution in [1.29, 1.82) is 0 Å². The third-order valence-electron chi connectivity index (χ3n) is 1.34. The second-order valence-electron chi connectivity index (χ2n) is 2.03. The molecular weight excluding hydrogens is 179 g/mol. The topological polar surface area (TPSA) is 26.3 Å². The Morgan fingerprint density at radius 1 is 1.36 bits per heavy atom. The van der Waals surface area contributed by atoms with Crippen LogP contribution < -0.4 is 10.0 Å². The molecule has 0 aliphatic carbocycles. The monoisotopic (exact) mass is 188 g/mol. The van der Waals surface area contributed by atoms with E-state index in [1.165, 1.54) is 0 Å². The van der Waals surface area contributed by atoms with E-state index < -0.39 is 7.00 Å². The predicted octanol–water partition coefficient (Wildman–Crippen LogP) is 1.72. The van der Waals surface area contributed by atoms with Crippen LogP contribution in [0.3, 0.4) is 0 Å². The van der Waals surface area contributed by atoms with Gasteiger partial charge in [-0.15, -0.1) is 12.2 Å². The fourth-order valence-corrected chi connectivity index (χ4v) is 1.63. The number of hydrogen-bond acceptors (Lipinski definition) is 2. The Morgan fingerprint density at radius 3 is 2.27 bits per heavy atom. The minimum atomic E-state index is -1.85. The van der Waals surface area contributed by atoms with Gasteiger partial charge in [-0.3, -0.25) is 0 Å². The molecule has 0 bridgehead atoms. The molecule has 1 atom stereocenters. The van der Waals surface area contributed by atoms with Crippen LogP contribution in [0.2, 0.25) is 0 Å². The van der Waals surface area contributed by atoms with E-state index in [0.717, 1.165) is 11.1 Å². The van der Waals surface area contributed by atoms with Crippen molar-refractivity contribution in [2.45, 2.75) is 0 Å². The SMILES string of the molecule is COc1ccc([PH](=O)S)cc1. The molecule has 11 heavy (non-hydrogen) atoms. The third kappa shape index (κ3) is 2.28. The van der Waals surface area contributed by atoms with Crippen LogP contribution in [-0.4, -0.2) is 7.11 Å². The summed E-state index contributed by atoms with van der Waals surface area (Å²) in [5.74, 6) is 0.769. The Labute approximate surface area is 71.5 Å². The molecule has 1 aromatic carbocycles. The Morgan fingerprint density at radius 2 is 1.91 bits per heavy atom. The van der Waals surface area contributed by atoms with Gasteiger partial charge in [0.05, 0.1) is 7.11 Å². The number of methoxy groups -OCH3 is 1. The summed E-state index contributed by atoms with van der Waals surface area (Å²) in [5, 5.41) is 0.763. The zero-order chi connectivity index (χ0) is 8.27. The quantitative estimate of drug-likeness (QED) is 0.565. The normalized spacial score (nSPS) is 12.5. The Hall–Kier alpha value is -0.400. The lowest BCUT2D eigenvalue weighted by molar-refractivity contribution is 0.415. The Balaban J connectivity index is 2.91. The molecule has 60 valence electrons. The van der Waals surface area contributed by atoms with Gasteiger partial charge in [0.1, 0.15) is 5.75 Å². The van der Waals surface area contributed by atoms with Gasteiger partial charge >= 0.3 is 0 Å². The predicted molar refractivity (Wildman–Crippen MR) is 50.6 cm³/mol. The summed E-state index contributed by atoms with van der Waals surface area (Å²) in [5.41, 5.74) is 0. The molecule has 1 rings (SSSR count). The van der Waals surface area contributed by atoms with Crippen LogP contribution in [0.25, 0.3) is 0 Å². The maximum Gasteiger partial charge on any atom is 0.152 e. The first-order valence-corrected chi connectivity index (χ1v) is 5.81. The zero-order valence-corrected chi connectivity index (χ0v) is 7.97. The molecule has 2 nitrogen and oxygen atoms in total. The van der Waals surface area contributed by atoms with Crippen LogP contribution in [0.15, 0.2) is 24.3 Å². The standard InChI is InChI=1S/C7H9O2PS/c1-9-6-2-4-7(5-3-6)10(8)11/h2-5,10H,1H3,(H,8,11). The smallest absolute Gasteiger partial charge is 0.152 e. The summed E-state index contributed by atoms with van der Waals surface area (Å²) in [6.45, 7) is 0. The average molecular weight is 188 g/mol. The highest BCUT2D eigenvalue weighted by molar-refractivity contribution is 8.43. The highest BCUT2D eigenvalue weighted by atomic mass is 32.7. The summed E-state index contributed by atoms with van der Waals surface area (Å²) in [6.07, 6.45) is 0. The van der Waals surface area contributed by atoms with Gasteiger partial charge in [-0.2, -0.15) is 0 Å². The summed E-state index contributed by atoms with van der Waals surface area (Å²) in [6, 6.07) is 7.06. The van der Waals surface area contributed by atoms with Crippen LogP contribution in [0, 0.1) is 0 Å². The fourth-order valence-electron chi connectivity index (χ4n) is 0.734. The summed E-state index contributed by atoms with van der Waals surface area (Å²) in [4.78, 5) is 0. The molecule has 0 N–H and O–H groups in total. The van der Waals surface area contributed by atoms with E-state index in [1.54, 1.807) is 31.4 Å². The number of thiol groups is 1. The van der Waals surface area contributed by atoms with Gasteiger partial charge in [0, 0.05) is 5.30 Å². The van der Waals surface area contributed by atoms with E-state index >= 15 is 0 Å². The third-order valence-corrected chi connectivity index (χ3v) is 2.94. The zero-order valence-electron chi connectivity index (χ0n) is 6.07. The molecule has 1 unspecified atom stereocenters. The van der Waals surface area contributed by atoms with Gasteiger partial charge in [-0.25, -0.2) is 0 Å². The fraction of sp³-hybridized carbons (Fsp3) is 0.143. The Kier molecular flexibility index (Phi) is 3.03. The van der Waals surface area contributed by atoms with Crippen molar-refractivity contribution in [3.8, 4) is 5.75 Å². The molecule has 1 aromatic rings. The summed E-state index contributed by atoms with van der Waals surface area (Å²) < 4.78 is 15.8. The maximum absolute atomic E-state index is 10.9. The van der Waals surface area contributed by atoms with Gasteiger partial charge < -0.3 is 9.30 Å². The minimum Gasteiger partial charge on any atom is -0.497 e. The lowest BCUT2D eigenvalue weighted by Crippen LogP contribution is -1.92. The molecule has 0 saturated carbocycles. The summed E-state index contributed by atoms with van der Waals surface area (Å²) in [7, 11) is -0.252. The number of benzene rings is 1. The van der Waals surface area contributed by atoms with Crippen molar-refractivity contribution in [2.75, 3.05) is 7.11 Å². The second kappa shape index (κ2) is 3.84. The second-order valence-corrected chi connectivity index (χ2v) is 4.44. The largest absolute Gasteiger partial charge is 0.497 e. The molecule has 0 heterocycles. The lowest BCUT2D eigenvalue weighted by Gasteiger charge is -1.99. The van der Waals surface area contributed by atoms with Crippen LogP contribution in [0.4, 0.5) is 0 Å². The van der Waals surface area contributed by atoms with E-state index in [4.69, 9.17) is 4.74 Å². The van der Waals surface area contributed by atoms with Crippen molar-refractivity contribution in [2.24, 2.45) is 0 Å². The van der Waals surface area contributed by atoms with Crippen molar-refractivity contribution in [1.82, 2.24) is 0 Å². The van der Waals surface area contributed by atoms with Crippen molar-refractivity contribution >= 4 is 24.6 Å². The van der Waals surface area contributed by atoms with Crippen molar-refractivity contribution in [3.63, 3.8) is 0 Å². The molecule has 0 spiro atoms. The first-order valence-electron chi connectivity index (χ1n) is 3.11. The number of ether oxygens (including phenoxy) is 1. The number of hydrogen-bond donors (Lipinski definition) is 1. The van der Waals surface area contributed by atoms with Crippen LogP contribution in [0.5, 0.6) is 5.75 Å². The molecule has 4 heteroatoms. The Bertz CT molecular complexity index is 258. The highest BCUT2D eigenvalue weighted by Gasteiger charge is 1.96. The molecule has 0 aromatic heterocycles. The van der Waals surface area contributed by atoms with E-state index in [2.05, 4.69) is 12.2 Å². The average Bonchev–Trinajstić information content (AvgIpc) is 2.05. The first kappa shape index (κ1) is 8.69. The maximum atomic E-state index is 10.9. The van der Waals surface area contributed by atoms with Gasteiger partial charge in [-0.05, 0) is 24.3 Å². The highest BCUT2D eigenvalue weighted by Crippen LogP contribution is 2.25. The molecule has 0 fully saturated rings. The number of rotatable bonds is 2. The van der Waals surface area contributed by atoms with Crippen LogP contribution >= 0.6 is 19.3 Å². The first-order chi connectivity index (χ1) is 5.24. The molecule has 0 aliphatic heterocycles. The molecule has 0 radical (unpaired) electrons. The van der Waals surface area contributed by atoms with Gasteiger partial charge in [-0.1, -0.05) is 0 Å². The van der Waals surface area contributed by atoms with E-state index in [-0.39, 0.29) is 0 Å². The van der Waals surface area contributed by atoms with Crippen LogP contribution in [0.1, 0.15) is 0 Å². The lowest BCUT2D eigenvalue weighted by atomic mass is 10.3. The summed E-state index contributed by atoms with van der Waals surface area (Å²) >= 11 is 3.86. The van der Waals surface area contributed by atoms with Gasteiger partial charge in [0.2, 0.25) is 0 Å². The van der Waals surface area contributed by atoms with Crippen molar-refractivity contribution < 1.29 is 9.30 Å². The van der Waals surface area contributed by atoms with Gasteiger partial charge in [0.25, 0.3) is 0 Å². The molecule has 0 saturated heterocycles. The molecule has 0 aliphatic rings. The van der Waals surface area contributed by atoms with E-state index in [9.17, 15) is 4.57 Å². The van der Waals surface area contributed by atoms with E-state index in [1.807, 2.05) is 0 Å². The minimum absolute atomic E-state index is 0.763. The molecular formula is C7H9O2PS. The van der Waals surface area contributed by atoms with Crippen LogP contribution in [-0.2, 0) is 4.57 Å². The van der Waals surface area contributed by atoms with Gasteiger partial charge in [0.15, 0.2) is 7.00 Å². The van der Waals surface area contributed by atoms with Crippen molar-refractivity contribution in [3.05, 3.63) is 24.3 Å².